The lowest BCUT2D eigenvalue weighted by Gasteiger charge is -2.35. The van der Waals surface area contributed by atoms with Crippen molar-refractivity contribution in [1.29, 1.82) is 0 Å². The first-order chi connectivity index (χ1) is 27.6. The van der Waals surface area contributed by atoms with Gasteiger partial charge in [0.25, 0.3) is 0 Å². The number of nitrogens with zero attached hydrogens (tertiary/aromatic N) is 4. The predicted octanol–water partition coefficient (Wildman–Crippen LogP) is 6.01. The summed E-state index contributed by atoms with van der Waals surface area (Å²) in [5, 5.41) is 15.6. The van der Waals surface area contributed by atoms with Crippen molar-refractivity contribution in [3.05, 3.63) is 89.1 Å². The topological polar surface area (TPSA) is 170 Å². The van der Waals surface area contributed by atoms with Gasteiger partial charge in [-0.2, -0.15) is 4.98 Å². The van der Waals surface area contributed by atoms with Gasteiger partial charge in [0.2, 0.25) is 23.7 Å². The molecule has 0 bridgehead atoms. The van der Waals surface area contributed by atoms with Gasteiger partial charge < -0.3 is 30.9 Å². The van der Waals surface area contributed by atoms with Crippen LogP contribution in [-0.2, 0) is 14.4 Å². The Kier molecular flexibility index (Phi) is 12.5. The fourth-order valence-corrected chi connectivity index (χ4v) is 7.85. The Morgan fingerprint density at radius 2 is 1.67 bits per heavy atom. The van der Waals surface area contributed by atoms with Crippen LogP contribution >= 0.6 is 11.6 Å². The molecule has 3 amide bonds. The Morgan fingerprint density at radius 3 is 2.39 bits per heavy atom. The minimum atomic E-state index is -0.399. The third-order valence-electron chi connectivity index (χ3n) is 10.9. The van der Waals surface area contributed by atoms with Gasteiger partial charge in [-0.1, -0.05) is 35.9 Å². The highest BCUT2D eigenvalue weighted by atomic mass is 35.5. The molecular formula is C42H48ClN9O5. The maximum Gasteiger partial charge on any atom is 0.249 e. The van der Waals surface area contributed by atoms with E-state index in [9.17, 15) is 19.2 Å². The van der Waals surface area contributed by atoms with Crippen LogP contribution in [0.4, 0.5) is 34.5 Å². The monoisotopic (exact) mass is 793 g/mol. The van der Waals surface area contributed by atoms with E-state index in [1.54, 1.807) is 25.3 Å². The summed E-state index contributed by atoms with van der Waals surface area (Å²) in [6.07, 6.45) is 5.97. The van der Waals surface area contributed by atoms with Gasteiger partial charge in [0, 0.05) is 48.6 Å². The molecule has 4 aromatic rings. The number of carbonyl (C=O) groups excluding carboxylic acids is 4. The van der Waals surface area contributed by atoms with E-state index in [4.69, 9.17) is 16.3 Å². The zero-order chi connectivity index (χ0) is 39.9. The third kappa shape index (κ3) is 9.99. The van der Waals surface area contributed by atoms with Crippen molar-refractivity contribution < 1.29 is 23.9 Å². The highest BCUT2D eigenvalue weighted by Gasteiger charge is 2.28. The standard InChI is InChI=1S/C42H48ClN9O5/c1-26(53)32-5-3-4-6-34(32)47-40-33(43)24-44-42(50-40)48-35-12-11-31(23-37(35)57-2)52-21-17-30(18-22-52)46-39(55)25-51-19-15-28(16-20-51)27-7-9-29(10-8-27)45-36-13-14-38(54)49-41(36)56/h3-12,23-24,28,30,36,45H,13-22,25H2,1-2H3,(H,46,55)(H,49,54,56)(H2,44,47,48,50). The fraction of sp³-hybridized carbons (Fsp3) is 0.381. The van der Waals surface area contributed by atoms with Gasteiger partial charge in [-0.3, -0.25) is 29.4 Å². The van der Waals surface area contributed by atoms with Crippen molar-refractivity contribution in [3.8, 4) is 5.75 Å². The van der Waals surface area contributed by atoms with Crippen molar-refractivity contribution in [3.63, 3.8) is 0 Å². The van der Waals surface area contributed by atoms with Gasteiger partial charge in [-0.05, 0) is 100.0 Å². The Morgan fingerprint density at radius 1 is 0.912 bits per heavy atom. The Bertz CT molecular complexity index is 2100. The van der Waals surface area contributed by atoms with Crippen molar-refractivity contribution in [2.45, 2.75) is 63.5 Å². The molecule has 1 aromatic heterocycles. The summed E-state index contributed by atoms with van der Waals surface area (Å²) >= 11 is 6.41. The molecule has 1 atom stereocenters. The molecule has 0 spiro atoms. The number of rotatable bonds is 13. The van der Waals surface area contributed by atoms with E-state index in [2.05, 4.69) is 58.5 Å². The van der Waals surface area contributed by atoms with Crippen LogP contribution in [0.2, 0.25) is 5.02 Å². The largest absolute Gasteiger partial charge is 0.494 e. The molecular weight excluding hydrogens is 746 g/mol. The Balaban J connectivity index is 0.853. The molecule has 0 radical (unpaired) electrons. The number of piperidine rings is 3. The van der Waals surface area contributed by atoms with Gasteiger partial charge in [0.05, 0.1) is 31.2 Å². The van der Waals surface area contributed by atoms with Crippen molar-refractivity contribution in [2.24, 2.45) is 0 Å². The molecule has 7 rings (SSSR count). The number of nitrogens with one attached hydrogen (secondary N) is 5. The number of ether oxygens (including phenoxy) is 1. The first-order valence-electron chi connectivity index (χ1n) is 19.4. The van der Waals surface area contributed by atoms with Gasteiger partial charge in [0.1, 0.15) is 16.8 Å². The normalized spacial score (nSPS) is 18.1. The van der Waals surface area contributed by atoms with Gasteiger partial charge in [0.15, 0.2) is 11.6 Å². The predicted molar refractivity (Wildman–Crippen MR) is 221 cm³/mol. The average molecular weight is 794 g/mol. The molecule has 5 N–H and O–H groups in total. The number of aromatic nitrogens is 2. The summed E-state index contributed by atoms with van der Waals surface area (Å²) in [6, 6.07) is 21.0. The van der Waals surface area contributed by atoms with Gasteiger partial charge >= 0.3 is 0 Å². The number of carbonyl (C=O) groups is 4. The summed E-state index contributed by atoms with van der Waals surface area (Å²) < 4.78 is 5.75. The van der Waals surface area contributed by atoms with Crippen LogP contribution in [0.3, 0.4) is 0 Å². The molecule has 3 aliphatic rings. The van der Waals surface area contributed by atoms with Crippen LogP contribution in [-0.4, -0.2) is 90.3 Å². The van der Waals surface area contributed by atoms with Crippen LogP contribution in [0, 0.1) is 0 Å². The van der Waals surface area contributed by atoms with E-state index in [0.717, 1.165) is 63.2 Å². The van der Waals surface area contributed by atoms with E-state index in [1.807, 2.05) is 36.4 Å². The van der Waals surface area contributed by atoms with Crippen LogP contribution in [0.15, 0.2) is 72.9 Å². The van der Waals surface area contributed by atoms with E-state index < -0.39 is 6.04 Å². The Hall–Kier alpha value is -5.73. The number of hydrogen-bond donors (Lipinski definition) is 5. The SMILES string of the molecule is COc1cc(N2CCC(NC(=O)CN3CCC(c4ccc(NC5CCC(=O)NC5=O)cc4)CC3)CC2)ccc1Nc1ncc(Cl)c(Nc2ccccc2C(C)=O)n1. The average Bonchev–Trinajstić information content (AvgIpc) is 3.21. The molecule has 1 unspecified atom stereocenters. The smallest absolute Gasteiger partial charge is 0.249 e. The molecule has 3 fully saturated rings. The summed E-state index contributed by atoms with van der Waals surface area (Å²) in [5.74, 6) is 1.21. The lowest BCUT2D eigenvalue weighted by molar-refractivity contribution is -0.133. The number of para-hydroxylation sites is 1. The number of methoxy groups -OCH3 is 1. The molecule has 3 aliphatic heterocycles. The number of likely N-dealkylation sites (tertiary alicyclic amines) is 1. The zero-order valence-electron chi connectivity index (χ0n) is 32.1. The molecule has 298 valence electrons. The number of halogens is 1. The quantitative estimate of drug-likeness (QED) is 0.0791. The van der Waals surface area contributed by atoms with E-state index in [-0.39, 0.29) is 29.5 Å². The first-order valence-corrected chi connectivity index (χ1v) is 19.8. The number of hydrogen-bond acceptors (Lipinski definition) is 12. The number of Topliss-reactive ketones (excluding diaryl/α,β-unsaturated/α-hetero) is 1. The highest BCUT2D eigenvalue weighted by molar-refractivity contribution is 6.33. The van der Waals surface area contributed by atoms with Crippen molar-refractivity contribution in [2.75, 3.05) is 60.7 Å². The second-order valence-corrected chi connectivity index (χ2v) is 15.2. The zero-order valence-corrected chi connectivity index (χ0v) is 32.9. The van der Waals surface area contributed by atoms with Crippen LogP contribution in [0.1, 0.15) is 67.3 Å². The maximum atomic E-state index is 13.1. The summed E-state index contributed by atoms with van der Waals surface area (Å²) in [5.41, 5.74) is 4.95. The van der Waals surface area contributed by atoms with Crippen LogP contribution in [0.5, 0.6) is 5.75 Å². The van der Waals surface area contributed by atoms with Crippen molar-refractivity contribution in [1.82, 2.24) is 25.5 Å². The molecule has 14 nitrogen and oxygen atoms in total. The summed E-state index contributed by atoms with van der Waals surface area (Å²) in [6.45, 7) is 5.22. The number of benzene rings is 3. The number of ketones is 1. The maximum absolute atomic E-state index is 13.1. The van der Waals surface area contributed by atoms with E-state index in [0.29, 0.717) is 64.8 Å². The second kappa shape index (κ2) is 18.0. The number of anilines is 6. The first kappa shape index (κ1) is 39.5. The summed E-state index contributed by atoms with van der Waals surface area (Å²) in [4.78, 5) is 62.2. The second-order valence-electron chi connectivity index (χ2n) is 14.8. The number of imide groups is 1. The summed E-state index contributed by atoms with van der Waals surface area (Å²) in [7, 11) is 1.62. The van der Waals surface area contributed by atoms with E-state index in [1.165, 1.54) is 18.7 Å². The van der Waals surface area contributed by atoms with Crippen molar-refractivity contribution >= 4 is 69.6 Å². The minimum absolute atomic E-state index is 0.0683. The van der Waals surface area contributed by atoms with Crippen LogP contribution in [0.25, 0.3) is 0 Å². The molecule has 4 heterocycles. The molecule has 57 heavy (non-hydrogen) atoms. The Labute approximate surface area is 337 Å². The molecule has 15 heteroatoms. The van der Waals surface area contributed by atoms with Crippen LogP contribution < -0.4 is 36.2 Å². The lowest BCUT2D eigenvalue weighted by Crippen LogP contribution is -2.48. The fourth-order valence-electron chi connectivity index (χ4n) is 7.71. The lowest BCUT2D eigenvalue weighted by atomic mass is 9.89. The highest BCUT2D eigenvalue weighted by Crippen LogP contribution is 2.34. The van der Waals surface area contributed by atoms with Gasteiger partial charge in [-0.15, -0.1) is 0 Å². The van der Waals surface area contributed by atoms with E-state index >= 15 is 0 Å². The molecule has 0 saturated carbocycles. The third-order valence-corrected chi connectivity index (χ3v) is 11.2. The molecule has 3 saturated heterocycles. The minimum Gasteiger partial charge on any atom is -0.494 e. The molecule has 3 aromatic carbocycles. The molecule has 0 aliphatic carbocycles. The van der Waals surface area contributed by atoms with Gasteiger partial charge in [-0.25, -0.2) is 4.98 Å². The number of amides is 3.